The summed E-state index contributed by atoms with van der Waals surface area (Å²) in [5.74, 6) is 0. The number of aromatic nitrogens is 2. The highest BCUT2D eigenvalue weighted by atomic mass is 32.1. The molecule has 0 amide bonds. The van der Waals surface area contributed by atoms with E-state index in [1.165, 1.54) is 32.1 Å². The zero-order valence-electron chi connectivity index (χ0n) is 8.62. The highest BCUT2D eigenvalue weighted by molar-refractivity contribution is 7.13. The normalized spacial score (nSPS) is 20.6. The Labute approximate surface area is 88.9 Å². The predicted octanol–water partition coefficient (Wildman–Crippen LogP) is 2.92. The quantitative estimate of drug-likeness (QED) is 0.835. The van der Waals surface area contributed by atoms with Crippen molar-refractivity contribution in [1.29, 1.82) is 0 Å². The highest BCUT2D eigenvalue weighted by Gasteiger charge is 2.26. The second-order valence-corrected chi connectivity index (χ2v) is 5.30. The summed E-state index contributed by atoms with van der Waals surface area (Å²) in [4.78, 5) is 0. The van der Waals surface area contributed by atoms with E-state index in [1.54, 1.807) is 16.8 Å². The number of hydrogen-bond acceptors (Lipinski definition) is 4. The summed E-state index contributed by atoms with van der Waals surface area (Å²) in [7, 11) is 0. The molecule has 0 spiro atoms. The van der Waals surface area contributed by atoms with Crippen LogP contribution in [0.5, 0.6) is 0 Å². The molecule has 0 unspecified atom stereocenters. The van der Waals surface area contributed by atoms with Crippen LogP contribution in [0.15, 0.2) is 5.51 Å². The zero-order valence-corrected chi connectivity index (χ0v) is 9.44. The second-order valence-electron chi connectivity index (χ2n) is 4.47. The standard InChI is InChI=1S/C10H17N3S/c1-10(5-3-2-4-6-10)7-11-9-13-12-8-14-9/h8H,2-7H2,1H3,(H,11,13). The van der Waals surface area contributed by atoms with Crippen LogP contribution in [0.3, 0.4) is 0 Å². The van der Waals surface area contributed by atoms with E-state index >= 15 is 0 Å². The van der Waals surface area contributed by atoms with Gasteiger partial charge in [0.15, 0.2) is 0 Å². The molecular weight excluding hydrogens is 194 g/mol. The molecule has 3 nitrogen and oxygen atoms in total. The molecule has 1 aromatic heterocycles. The van der Waals surface area contributed by atoms with Gasteiger partial charge in [-0.15, -0.1) is 10.2 Å². The fraction of sp³-hybridized carbons (Fsp3) is 0.800. The molecule has 14 heavy (non-hydrogen) atoms. The van der Waals surface area contributed by atoms with E-state index < -0.39 is 0 Å². The van der Waals surface area contributed by atoms with E-state index in [1.807, 2.05) is 0 Å². The largest absolute Gasteiger partial charge is 0.360 e. The highest BCUT2D eigenvalue weighted by Crippen LogP contribution is 2.35. The molecule has 0 aromatic carbocycles. The molecule has 1 heterocycles. The Hall–Kier alpha value is -0.640. The zero-order chi connectivity index (χ0) is 9.86. The number of nitrogens with zero attached hydrogens (tertiary/aromatic N) is 2. The summed E-state index contributed by atoms with van der Waals surface area (Å²) in [5.41, 5.74) is 2.25. The Balaban J connectivity index is 1.84. The maximum Gasteiger partial charge on any atom is 0.205 e. The average Bonchev–Trinajstić information content (AvgIpc) is 2.69. The van der Waals surface area contributed by atoms with E-state index in [4.69, 9.17) is 0 Å². The van der Waals surface area contributed by atoms with Crippen LogP contribution in [-0.2, 0) is 0 Å². The lowest BCUT2D eigenvalue weighted by molar-refractivity contribution is 0.233. The van der Waals surface area contributed by atoms with Crippen molar-refractivity contribution in [3.8, 4) is 0 Å². The Kier molecular flexibility index (Phi) is 3.01. The minimum atomic E-state index is 0.476. The smallest absolute Gasteiger partial charge is 0.205 e. The third kappa shape index (κ3) is 2.44. The summed E-state index contributed by atoms with van der Waals surface area (Å²) < 4.78 is 0. The van der Waals surface area contributed by atoms with E-state index in [-0.39, 0.29) is 0 Å². The number of anilines is 1. The average molecular weight is 211 g/mol. The Morgan fingerprint density at radius 1 is 1.43 bits per heavy atom. The molecule has 1 N–H and O–H groups in total. The van der Waals surface area contributed by atoms with Gasteiger partial charge in [0.1, 0.15) is 5.51 Å². The molecule has 1 fully saturated rings. The second kappa shape index (κ2) is 4.26. The molecule has 0 radical (unpaired) electrons. The molecule has 0 bridgehead atoms. The van der Waals surface area contributed by atoms with Crippen LogP contribution in [0.4, 0.5) is 5.13 Å². The molecule has 1 aromatic rings. The Morgan fingerprint density at radius 3 is 2.86 bits per heavy atom. The molecule has 1 saturated carbocycles. The van der Waals surface area contributed by atoms with Crippen LogP contribution in [0.2, 0.25) is 0 Å². The predicted molar refractivity (Wildman–Crippen MR) is 59.6 cm³/mol. The van der Waals surface area contributed by atoms with Crippen molar-refractivity contribution in [2.45, 2.75) is 39.0 Å². The lowest BCUT2D eigenvalue weighted by Crippen LogP contribution is -2.28. The van der Waals surface area contributed by atoms with E-state index in [2.05, 4.69) is 22.4 Å². The van der Waals surface area contributed by atoms with E-state index in [0.717, 1.165) is 11.7 Å². The number of nitrogens with one attached hydrogen (secondary N) is 1. The van der Waals surface area contributed by atoms with Crippen LogP contribution in [-0.4, -0.2) is 16.7 Å². The van der Waals surface area contributed by atoms with Crippen molar-refractivity contribution in [3.05, 3.63) is 5.51 Å². The van der Waals surface area contributed by atoms with Crippen molar-refractivity contribution in [1.82, 2.24) is 10.2 Å². The van der Waals surface area contributed by atoms with Gasteiger partial charge in [0.2, 0.25) is 5.13 Å². The first-order valence-corrected chi connectivity index (χ1v) is 6.17. The van der Waals surface area contributed by atoms with Gasteiger partial charge in [-0.3, -0.25) is 0 Å². The van der Waals surface area contributed by atoms with E-state index in [9.17, 15) is 0 Å². The SMILES string of the molecule is CC1(CNc2nncs2)CCCCC1. The van der Waals surface area contributed by atoms with Crippen molar-refractivity contribution in [3.63, 3.8) is 0 Å². The molecule has 0 saturated heterocycles. The van der Waals surface area contributed by atoms with Gasteiger partial charge >= 0.3 is 0 Å². The van der Waals surface area contributed by atoms with Gasteiger partial charge in [-0.2, -0.15) is 0 Å². The number of hydrogen-bond donors (Lipinski definition) is 1. The summed E-state index contributed by atoms with van der Waals surface area (Å²) in [5, 5.41) is 12.1. The van der Waals surface area contributed by atoms with Gasteiger partial charge in [-0.05, 0) is 18.3 Å². The molecule has 1 aliphatic carbocycles. The van der Waals surface area contributed by atoms with Crippen molar-refractivity contribution in [2.75, 3.05) is 11.9 Å². The molecule has 1 aliphatic rings. The first-order valence-electron chi connectivity index (χ1n) is 5.29. The topological polar surface area (TPSA) is 37.8 Å². The third-order valence-corrected chi connectivity index (χ3v) is 3.74. The fourth-order valence-corrected chi connectivity index (χ4v) is 2.57. The van der Waals surface area contributed by atoms with Crippen LogP contribution < -0.4 is 5.32 Å². The minimum absolute atomic E-state index is 0.476. The molecule has 4 heteroatoms. The summed E-state index contributed by atoms with van der Waals surface area (Å²) in [6.07, 6.45) is 6.87. The van der Waals surface area contributed by atoms with Crippen LogP contribution in [0.25, 0.3) is 0 Å². The van der Waals surface area contributed by atoms with Crippen molar-refractivity contribution >= 4 is 16.5 Å². The van der Waals surface area contributed by atoms with Gasteiger partial charge in [0, 0.05) is 6.54 Å². The lowest BCUT2D eigenvalue weighted by Gasteiger charge is -2.33. The molecule has 78 valence electrons. The van der Waals surface area contributed by atoms with Gasteiger partial charge in [-0.1, -0.05) is 37.5 Å². The summed E-state index contributed by atoms with van der Waals surface area (Å²) in [6, 6.07) is 0. The Bertz CT molecular complexity index is 265. The van der Waals surface area contributed by atoms with Crippen molar-refractivity contribution in [2.24, 2.45) is 5.41 Å². The lowest BCUT2D eigenvalue weighted by atomic mass is 9.76. The van der Waals surface area contributed by atoms with E-state index in [0.29, 0.717) is 5.41 Å². The van der Waals surface area contributed by atoms with Gasteiger partial charge in [0.05, 0.1) is 0 Å². The van der Waals surface area contributed by atoms with Gasteiger partial charge in [-0.25, -0.2) is 0 Å². The Morgan fingerprint density at radius 2 is 2.21 bits per heavy atom. The molecular formula is C10H17N3S. The maximum absolute atomic E-state index is 3.99. The first-order chi connectivity index (χ1) is 6.79. The van der Waals surface area contributed by atoms with Gasteiger partial charge < -0.3 is 5.32 Å². The van der Waals surface area contributed by atoms with Crippen LogP contribution in [0, 0.1) is 5.41 Å². The van der Waals surface area contributed by atoms with Crippen molar-refractivity contribution < 1.29 is 0 Å². The third-order valence-electron chi connectivity index (χ3n) is 3.09. The minimum Gasteiger partial charge on any atom is -0.360 e. The molecule has 0 atom stereocenters. The first kappa shape index (κ1) is 9.90. The summed E-state index contributed by atoms with van der Waals surface area (Å²) in [6.45, 7) is 3.42. The maximum atomic E-state index is 3.99. The monoisotopic (exact) mass is 211 g/mol. The molecule has 0 aliphatic heterocycles. The number of rotatable bonds is 3. The fourth-order valence-electron chi connectivity index (χ4n) is 2.12. The summed E-state index contributed by atoms with van der Waals surface area (Å²) >= 11 is 1.58. The van der Waals surface area contributed by atoms with Crippen LogP contribution >= 0.6 is 11.3 Å². The van der Waals surface area contributed by atoms with Crippen LogP contribution in [0.1, 0.15) is 39.0 Å². The molecule has 2 rings (SSSR count). The van der Waals surface area contributed by atoms with Gasteiger partial charge in [0.25, 0.3) is 0 Å².